The van der Waals surface area contributed by atoms with E-state index >= 15 is 0 Å². The van der Waals surface area contributed by atoms with Crippen molar-refractivity contribution in [3.8, 4) is 11.8 Å². The van der Waals surface area contributed by atoms with E-state index in [4.69, 9.17) is 5.73 Å². The number of nitrogens with two attached hydrogens (primary N) is 1. The van der Waals surface area contributed by atoms with Gasteiger partial charge in [-0.05, 0) is 44.5 Å². The van der Waals surface area contributed by atoms with Gasteiger partial charge in [0.25, 0.3) is 0 Å². The van der Waals surface area contributed by atoms with Crippen molar-refractivity contribution in [2.24, 2.45) is 0 Å². The van der Waals surface area contributed by atoms with Gasteiger partial charge in [-0.25, -0.2) is 0 Å². The summed E-state index contributed by atoms with van der Waals surface area (Å²) in [5, 5.41) is 0. The first-order chi connectivity index (χ1) is 8.66. The number of rotatable bonds is 2. The molecule has 0 bridgehead atoms. The summed E-state index contributed by atoms with van der Waals surface area (Å²) in [4.78, 5) is 2.51. The van der Waals surface area contributed by atoms with Crippen LogP contribution in [0.2, 0.25) is 0 Å². The van der Waals surface area contributed by atoms with E-state index in [2.05, 4.69) is 39.6 Å². The van der Waals surface area contributed by atoms with Crippen molar-refractivity contribution in [1.82, 2.24) is 4.90 Å². The topological polar surface area (TPSA) is 29.3 Å². The average Bonchev–Trinajstić information content (AvgIpc) is 2.73. The molecule has 2 nitrogen and oxygen atoms in total. The van der Waals surface area contributed by atoms with Crippen molar-refractivity contribution >= 4 is 21.6 Å². The fourth-order valence-electron chi connectivity index (χ4n) is 2.33. The molecule has 0 unspecified atom stereocenters. The number of hydrogen-bond donors (Lipinski definition) is 1. The standard InChI is InChI=1S/C15H19BrN2/c1-12-5-4-10-18(12)9-3-2-6-13-7-8-14(16)11-15(13)17/h7-8,11-12H,3-5,9-10,17H2,1H3/t12-/m1/s1. The lowest BCUT2D eigenvalue weighted by molar-refractivity contribution is 0.275. The van der Waals surface area contributed by atoms with Crippen molar-refractivity contribution < 1.29 is 0 Å². The predicted molar refractivity (Wildman–Crippen MR) is 80.3 cm³/mol. The Bertz CT molecular complexity index is 473. The molecule has 0 saturated carbocycles. The van der Waals surface area contributed by atoms with E-state index in [9.17, 15) is 0 Å². The van der Waals surface area contributed by atoms with E-state index in [0.717, 1.165) is 34.7 Å². The molecule has 1 atom stereocenters. The van der Waals surface area contributed by atoms with E-state index in [1.54, 1.807) is 0 Å². The summed E-state index contributed by atoms with van der Waals surface area (Å²) in [6.07, 6.45) is 3.57. The number of hydrogen-bond acceptors (Lipinski definition) is 2. The summed E-state index contributed by atoms with van der Waals surface area (Å²) in [7, 11) is 0. The Morgan fingerprint density at radius 1 is 1.50 bits per heavy atom. The van der Waals surface area contributed by atoms with Crippen LogP contribution in [0.4, 0.5) is 5.69 Å². The maximum Gasteiger partial charge on any atom is 0.0484 e. The fourth-order valence-corrected chi connectivity index (χ4v) is 2.71. The van der Waals surface area contributed by atoms with Crippen LogP contribution in [0, 0.1) is 11.8 Å². The number of anilines is 1. The highest BCUT2D eigenvalue weighted by Gasteiger charge is 2.18. The normalized spacial score (nSPS) is 19.6. The van der Waals surface area contributed by atoms with Gasteiger partial charge < -0.3 is 5.73 Å². The Morgan fingerprint density at radius 3 is 3.00 bits per heavy atom. The highest BCUT2D eigenvalue weighted by Crippen LogP contribution is 2.18. The zero-order valence-electron chi connectivity index (χ0n) is 10.7. The van der Waals surface area contributed by atoms with Crippen molar-refractivity contribution in [3.63, 3.8) is 0 Å². The van der Waals surface area contributed by atoms with Crippen LogP contribution in [0.15, 0.2) is 22.7 Å². The van der Waals surface area contributed by atoms with Gasteiger partial charge in [-0.2, -0.15) is 0 Å². The van der Waals surface area contributed by atoms with E-state index in [1.165, 1.54) is 19.4 Å². The molecule has 1 aliphatic heterocycles. The van der Waals surface area contributed by atoms with Gasteiger partial charge in [-0.15, -0.1) is 0 Å². The smallest absolute Gasteiger partial charge is 0.0484 e. The van der Waals surface area contributed by atoms with Crippen LogP contribution in [-0.2, 0) is 0 Å². The Morgan fingerprint density at radius 2 is 2.33 bits per heavy atom. The number of likely N-dealkylation sites (tertiary alicyclic amines) is 1. The van der Waals surface area contributed by atoms with Crippen LogP contribution in [0.5, 0.6) is 0 Å². The number of benzene rings is 1. The second kappa shape index (κ2) is 6.26. The average molecular weight is 307 g/mol. The molecule has 1 aliphatic rings. The number of halogens is 1. The monoisotopic (exact) mass is 306 g/mol. The second-order valence-corrected chi connectivity index (χ2v) is 5.73. The van der Waals surface area contributed by atoms with Crippen LogP contribution < -0.4 is 5.73 Å². The molecular formula is C15H19BrN2. The van der Waals surface area contributed by atoms with Crippen LogP contribution in [-0.4, -0.2) is 24.0 Å². The molecule has 0 amide bonds. The summed E-state index contributed by atoms with van der Waals surface area (Å²) >= 11 is 3.39. The van der Waals surface area contributed by atoms with Crippen LogP contribution in [0.25, 0.3) is 0 Å². The molecule has 0 aromatic heterocycles. The molecular weight excluding hydrogens is 288 g/mol. The molecule has 3 heteroatoms. The highest BCUT2D eigenvalue weighted by molar-refractivity contribution is 9.10. The second-order valence-electron chi connectivity index (χ2n) is 4.81. The molecule has 0 spiro atoms. The molecule has 1 aromatic rings. The quantitative estimate of drug-likeness (QED) is 0.671. The first-order valence-electron chi connectivity index (χ1n) is 6.45. The zero-order valence-corrected chi connectivity index (χ0v) is 12.3. The third-order valence-corrected chi connectivity index (χ3v) is 3.94. The number of nitrogens with zero attached hydrogens (tertiary/aromatic N) is 1. The van der Waals surface area contributed by atoms with E-state index in [0.29, 0.717) is 0 Å². The summed E-state index contributed by atoms with van der Waals surface area (Å²) in [6.45, 7) is 4.60. The van der Waals surface area contributed by atoms with E-state index in [1.807, 2.05) is 18.2 Å². The molecule has 1 aromatic carbocycles. The van der Waals surface area contributed by atoms with Gasteiger partial charge in [-0.3, -0.25) is 4.90 Å². The molecule has 1 fully saturated rings. The Labute approximate surface area is 118 Å². The van der Waals surface area contributed by atoms with E-state index in [-0.39, 0.29) is 0 Å². The maximum atomic E-state index is 5.90. The molecule has 1 saturated heterocycles. The minimum Gasteiger partial charge on any atom is -0.398 e. The van der Waals surface area contributed by atoms with Gasteiger partial charge in [0.1, 0.15) is 0 Å². The summed E-state index contributed by atoms with van der Waals surface area (Å²) in [6, 6.07) is 6.56. The van der Waals surface area contributed by atoms with E-state index < -0.39 is 0 Å². The summed E-state index contributed by atoms with van der Waals surface area (Å²) in [5.41, 5.74) is 7.57. The molecule has 0 aliphatic carbocycles. The summed E-state index contributed by atoms with van der Waals surface area (Å²) < 4.78 is 0.997. The molecule has 2 rings (SSSR count). The van der Waals surface area contributed by atoms with Gasteiger partial charge >= 0.3 is 0 Å². The molecule has 96 valence electrons. The highest BCUT2D eigenvalue weighted by atomic mass is 79.9. The molecule has 18 heavy (non-hydrogen) atoms. The van der Waals surface area contributed by atoms with Crippen molar-refractivity contribution in [2.45, 2.75) is 32.2 Å². The van der Waals surface area contributed by atoms with Crippen molar-refractivity contribution in [2.75, 3.05) is 18.8 Å². The third kappa shape index (κ3) is 3.51. The zero-order chi connectivity index (χ0) is 13.0. The first kappa shape index (κ1) is 13.5. The SMILES string of the molecule is C[C@@H]1CCCN1CCC#Cc1ccc(Br)cc1N. The van der Waals surface area contributed by atoms with Crippen molar-refractivity contribution in [3.05, 3.63) is 28.2 Å². The summed E-state index contributed by atoms with van der Waals surface area (Å²) in [5.74, 6) is 6.38. The van der Waals surface area contributed by atoms with Crippen LogP contribution in [0.3, 0.4) is 0 Å². The van der Waals surface area contributed by atoms with Gasteiger partial charge in [0.15, 0.2) is 0 Å². The Hall–Kier alpha value is -0.980. The molecule has 0 radical (unpaired) electrons. The van der Waals surface area contributed by atoms with Gasteiger partial charge in [-0.1, -0.05) is 27.8 Å². The van der Waals surface area contributed by atoms with Gasteiger partial charge in [0, 0.05) is 34.7 Å². The fraction of sp³-hybridized carbons (Fsp3) is 0.467. The largest absolute Gasteiger partial charge is 0.398 e. The first-order valence-corrected chi connectivity index (χ1v) is 7.24. The number of nitrogen functional groups attached to an aromatic ring is 1. The Balaban J connectivity index is 1.88. The lowest BCUT2D eigenvalue weighted by atomic mass is 10.2. The molecule has 1 heterocycles. The van der Waals surface area contributed by atoms with Gasteiger partial charge in [0.05, 0.1) is 0 Å². The minimum atomic E-state index is 0.726. The van der Waals surface area contributed by atoms with Gasteiger partial charge in [0.2, 0.25) is 0 Å². The maximum absolute atomic E-state index is 5.90. The minimum absolute atomic E-state index is 0.726. The van der Waals surface area contributed by atoms with Crippen molar-refractivity contribution in [1.29, 1.82) is 0 Å². The lowest BCUT2D eigenvalue weighted by Crippen LogP contribution is -2.27. The third-order valence-electron chi connectivity index (χ3n) is 3.45. The Kier molecular flexibility index (Phi) is 4.68. The predicted octanol–water partition coefficient (Wildman–Crippen LogP) is 3.26. The van der Waals surface area contributed by atoms with Crippen LogP contribution in [0.1, 0.15) is 31.7 Å². The molecule has 2 N–H and O–H groups in total. The van der Waals surface area contributed by atoms with Crippen LogP contribution >= 0.6 is 15.9 Å². The lowest BCUT2D eigenvalue weighted by Gasteiger charge is -2.18.